The average Bonchev–Trinajstić information content (AvgIpc) is 2.67. The molecule has 1 aromatic carbocycles. The van der Waals surface area contributed by atoms with Crippen LogP contribution in [0.4, 0.5) is 0 Å². The Morgan fingerprint density at radius 2 is 2.13 bits per heavy atom. The Kier molecular flexibility index (Phi) is 1.74. The van der Waals surface area contributed by atoms with Crippen LogP contribution < -0.4 is 0 Å². The molecule has 2 aliphatic carbocycles. The van der Waals surface area contributed by atoms with Crippen molar-refractivity contribution in [1.29, 1.82) is 0 Å². The lowest BCUT2D eigenvalue weighted by atomic mass is 9.88. The molecule has 0 bridgehead atoms. The first kappa shape index (κ1) is 8.46. The van der Waals surface area contributed by atoms with Gasteiger partial charge in [-0.25, -0.2) is 4.79 Å². The second kappa shape index (κ2) is 3.08. The lowest BCUT2D eigenvalue weighted by Crippen LogP contribution is -2.04. The van der Waals surface area contributed by atoms with Crippen LogP contribution in [0.3, 0.4) is 0 Å². The summed E-state index contributed by atoms with van der Waals surface area (Å²) in [4.78, 5) is 10.8. The van der Waals surface area contributed by atoms with Gasteiger partial charge in [0.05, 0.1) is 0 Å². The Morgan fingerprint density at radius 1 is 1.27 bits per heavy atom. The Bertz CT molecular complexity index is 528. The summed E-state index contributed by atoms with van der Waals surface area (Å²) < 4.78 is 0. The van der Waals surface area contributed by atoms with Gasteiger partial charge in [0.2, 0.25) is 0 Å². The van der Waals surface area contributed by atoms with E-state index in [0.29, 0.717) is 0 Å². The summed E-state index contributed by atoms with van der Waals surface area (Å²) in [6.45, 7) is 0. The van der Waals surface area contributed by atoms with E-state index in [2.05, 4.69) is 24.3 Å². The van der Waals surface area contributed by atoms with Gasteiger partial charge in [0, 0.05) is 11.5 Å². The van der Waals surface area contributed by atoms with Gasteiger partial charge < -0.3 is 0 Å². The predicted molar refractivity (Wildman–Crippen MR) is 60.0 cm³/mol. The van der Waals surface area contributed by atoms with Gasteiger partial charge in [-0.1, -0.05) is 36.4 Å². The molecular weight excluding hydrogens is 184 g/mol. The average molecular weight is 194 g/mol. The Balaban J connectivity index is 2.20. The maximum Gasteiger partial charge on any atom is 0.128 e. The molecule has 1 unspecified atom stereocenters. The molecule has 15 heavy (non-hydrogen) atoms. The van der Waals surface area contributed by atoms with Crippen molar-refractivity contribution in [2.75, 3.05) is 0 Å². The van der Waals surface area contributed by atoms with Gasteiger partial charge in [-0.15, -0.1) is 0 Å². The quantitative estimate of drug-likeness (QED) is 0.580. The molecule has 0 radical (unpaired) electrons. The van der Waals surface area contributed by atoms with Crippen molar-refractivity contribution in [3.05, 3.63) is 59.2 Å². The van der Waals surface area contributed by atoms with Crippen LogP contribution in [0.2, 0.25) is 0 Å². The fourth-order valence-electron chi connectivity index (χ4n) is 2.46. The van der Waals surface area contributed by atoms with Gasteiger partial charge >= 0.3 is 0 Å². The number of fused-ring (bicyclic) bond motifs is 3. The minimum absolute atomic E-state index is 0.241. The Morgan fingerprint density at radius 3 is 3.00 bits per heavy atom. The molecule has 0 N–H and O–H groups in total. The standard InChI is InChI=1S/C14H10O/c15-9-11-5-3-7-13-12-6-2-1-4-10(12)8-14(11)13/h1-7,14H,8H2. The second-order valence-corrected chi connectivity index (χ2v) is 3.95. The molecule has 2 aliphatic rings. The molecule has 0 spiro atoms. The fraction of sp³-hybridized carbons (Fsp3) is 0.143. The van der Waals surface area contributed by atoms with Gasteiger partial charge in [-0.05, 0) is 29.2 Å². The zero-order valence-electron chi connectivity index (χ0n) is 8.23. The number of hydrogen-bond donors (Lipinski definition) is 0. The largest absolute Gasteiger partial charge is 0.233 e. The van der Waals surface area contributed by atoms with Crippen LogP contribution in [-0.2, 0) is 11.2 Å². The third kappa shape index (κ3) is 1.14. The molecule has 72 valence electrons. The molecule has 0 aliphatic heterocycles. The van der Waals surface area contributed by atoms with E-state index >= 15 is 0 Å². The molecule has 0 amide bonds. The first-order chi connectivity index (χ1) is 7.40. The Hall–Kier alpha value is -1.85. The van der Waals surface area contributed by atoms with E-state index in [1.54, 1.807) is 0 Å². The van der Waals surface area contributed by atoms with Crippen molar-refractivity contribution in [3.63, 3.8) is 0 Å². The topological polar surface area (TPSA) is 17.1 Å². The van der Waals surface area contributed by atoms with E-state index in [4.69, 9.17) is 0 Å². The normalized spacial score (nSPS) is 21.7. The summed E-state index contributed by atoms with van der Waals surface area (Å²) in [7, 11) is 0. The predicted octanol–water partition coefficient (Wildman–Crippen LogP) is 2.57. The fourth-order valence-corrected chi connectivity index (χ4v) is 2.46. The van der Waals surface area contributed by atoms with Gasteiger partial charge in [0.25, 0.3) is 0 Å². The van der Waals surface area contributed by atoms with Crippen LogP contribution >= 0.6 is 0 Å². The lowest BCUT2D eigenvalue weighted by molar-refractivity contribution is 0.565. The zero-order chi connectivity index (χ0) is 10.3. The van der Waals surface area contributed by atoms with Crippen LogP contribution in [0.1, 0.15) is 11.1 Å². The molecule has 0 fully saturated rings. The first-order valence-corrected chi connectivity index (χ1v) is 5.11. The highest BCUT2D eigenvalue weighted by atomic mass is 16.1. The maximum atomic E-state index is 10.8. The molecule has 1 heteroatoms. The molecule has 0 aromatic heterocycles. The van der Waals surface area contributed by atoms with E-state index in [1.165, 1.54) is 16.7 Å². The van der Waals surface area contributed by atoms with Crippen LogP contribution in [-0.4, -0.2) is 5.94 Å². The van der Waals surface area contributed by atoms with E-state index in [0.717, 1.165) is 12.0 Å². The van der Waals surface area contributed by atoms with E-state index in [1.807, 2.05) is 24.2 Å². The third-order valence-electron chi connectivity index (χ3n) is 3.17. The summed E-state index contributed by atoms with van der Waals surface area (Å²) in [6.07, 6.45) is 6.86. The smallest absolute Gasteiger partial charge is 0.128 e. The van der Waals surface area contributed by atoms with Crippen LogP contribution in [0.25, 0.3) is 5.57 Å². The van der Waals surface area contributed by atoms with E-state index in [-0.39, 0.29) is 5.92 Å². The molecule has 0 saturated heterocycles. The zero-order valence-corrected chi connectivity index (χ0v) is 8.23. The highest BCUT2D eigenvalue weighted by molar-refractivity contribution is 5.83. The molecule has 1 atom stereocenters. The molecule has 3 rings (SSSR count). The van der Waals surface area contributed by atoms with E-state index in [9.17, 15) is 4.79 Å². The monoisotopic (exact) mass is 194 g/mol. The number of carbonyl (C=O) groups excluding carboxylic acids is 1. The maximum absolute atomic E-state index is 10.8. The molecule has 1 nitrogen and oxygen atoms in total. The van der Waals surface area contributed by atoms with Crippen molar-refractivity contribution < 1.29 is 4.79 Å². The van der Waals surface area contributed by atoms with Crippen molar-refractivity contribution in [1.82, 2.24) is 0 Å². The van der Waals surface area contributed by atoms with Gasteiger partial charge in [0.15, 0.2) is 0 Å². The van der Waals surface area contributed by atoms with Crippen LogP contribution in [0, 0.1) is 5.92 Å². The second-order valence-electron chi connectivity index (χ2n) is 3.95. The number of allylic oxidation sites excluding steroid dienone is 5. The molecular formula is C14H10O. The summed E-state index contributed by atoms with van der Waals surface area (Å²) in [6, 6.07) is 8.36. The molecule has 0 saturated carbocycles. The summed E-state index contributed by atoms with van der Waals surface area (Å²) in [5.41, 5.74) is 4.68. The highest BCUT2D eigenvalue weighted by Gasteiger charge is 2.29. The van der Waals surface area contributed by atoms with Crippen molar-refractivity contribution >= 4 is 11.5 Å². The molecule has 0 heterocycles. The number of benzene rings is 1. The minimum Gasteiger partial charge on any atom is -0.233 e. The third-order valence-corrected chi connectivity index (χ3v) is 3.17. The SMILES string of the molecule is O=C=C1C=CC=C2c3ccccc3CC12. The van der Waals surface area contributed by atoms with Crippen LogP contribution in [0.5, 0.6) is 0 Å². The summed E-state index contributed by atoms with van der Waals surface area (Å²) in [5.74, 6) is 2.29. The highest BCUT2D eigenvalue weighted by Crippen LogP contribution is 2.42. The first-order valence-electron chi connectivity index (χ1n) is 5.11. The van der Waals surface area contributed by atoms with Crippen molar-refractivity contribution in [2.24, 2.45) is 5.92 Å². The summed E-state index contributed by atoms with van der Waals surface area (Å²) in [5, 5.41) is 0. The molecule has 1 aromatic rings. The number of rotatable bonds is 0. The Labute approximate surface area is 88.4 Å². The van der Waals surface area contributed by atoms with E-state index < -0.39 is 0 Å². The summed E-state index contributed by atoms with van der Waals surface area (Å²) >= 11 is 0. The lowest BCUT2D eigenvalue weighted by Gasteiger charge is -2.13. The van der Waals surface area contributed by atoms with Gasteiger partial charge in [-0.3, -0.25) is 0 Å². The number of hydrogen-bond acceptors (Lipinski definition) is 1. The van der Waals surface area contributed by atoms with Gasteiger partial charge in [0.1, 0.15) is 5.94 Å². The van der Waals surface area contributed by atoms with Crippen molar-refractivity contribution in [2.45, 2.75) is 6.42 Å². The van der Waals surface area contributed by atoms with Crippen LogP contribution in [0.15, 0.2) is 48.1 Å². The van der Waals surface area contributed by atoms with Gasteiger partial charge in [-0.2, -0.15) is 0 Å². The minimum atomic E-state index is 0.241. The van der Waals surface area contributed by atoms with Crippen molar-refractivity contribution in [3.8, 4) is 0 Å².